The lowest BCUT2D eigenvalue weighted by Crippen LogP contribution is -2.24. The lowest BCUT2D eigenvalue weighted by Gasteiger charge is -2.27. The van der Waals surface area contributed by atoms with Crippen molar-refractivity contribution in [2.24, 2.45) is 11.7 Å². The lowest BCUT2D eigenvalue weighted by atomic mass is 9.89. The van der Waals surface area contributed by atoms with Gasteiger partial charge < -0.3 is 16.2 Å². The van der Waals surface area contributed by atoms with Crippen molar-refractivity contribution in [3.63, 3.8) is 0 Å². The predicted molar refractivity (Wildman–Crippen MR) is 71.4 cm³/mol. The van der Waals surface area contributed by atoms with E-state index in [0.717, 1.165) is 18.8 Å². The molecular weight excluding hydrogens is 228 g/mol. The van der Waals surface area contributed by atoms with Crippen molar-refractivity contribution in [1.82, 2.24) is 0 Å². The van der Waals surface area contributed by atoms with Crippen LogP contribution in [0.15, 0.2) is 18.2 Å². The number of benzene rings is 1. The maximum atomic E-state index is 11.2. The van der Waals surface area contributed by atoms with Gasteiger partial charge in [0.05, 0.1) is 17.4 Å². The molecule has 1 saturated carbocycles. The molecule has 0 unspecified atom stereocenters. The highest BCUT2D eigenvalue weighted by Gasteiger charge is 2.21. The number of ether oxygens (including phenoxy) is 1. The first-order valence-corrected chi connectivity index (χ1v) is 6.43. The van der Waals surface area contributed by atoms with Gasteiger partial charge in [0.25, 0.3) is 5.91 Å². The third-order valence-corrected chi connectivity index (χ3v) is 3.59. The average molecular weight is 248 g/mol. The number of amides is 1. The summed E-state index contributed by atoms with van der Waals surface area (Å²) in [5.41, 5.74) is 11.8. The molecule has 0 radical (unpaired) electrons. The second kappa shape index (κ2) is 5.29. The SMILES string of the molecule is CC1CCC(Oc2cccc(C(N)=O)c2N)CC1. The van der Waals surface area contributed by atoms with Crippen LogP contribution in [-0.4, -0.2) is 12.0 Å². The summed E-state index contributed by atoms with van der Waals surface area (Å²) in [5, 5.41) is 0. The quantitative estimate of drug-likeness (QED) is 0.806. The van der Waals surface area contributed by atoms with Crippen LogP contribution in [0.4, 0.5) is 5.69 Å². The number of hydrogen-bond donors (Lipinski definition) is 2. The van der Waals surface area contributed by atoms with Crippen LogP contribution in [-0.2, 0) is 0 Å². The molecule has 1 fully saturated rings. The molecule has 0 aromatic heterocycles. The number of carbonyl (C=O) groups is 1. The highest BCUT2D eigenvalue weighted by atomic mass is 16.5. The van der Waals surface area contributed by atoms with Crippen LogP contribution in [0.1, 0.15) is 43.0 Å². The van der Waals surface area contributed by atoms with Crippen LogP contribution >= 0.6 is 0 Å². The van der Waals surface area contributed by atoms with Crippen molar-refractivity contribution >= 4 is 11.6 Å². The molecule has 0 spiro atoms. The van der Waals surface area contributed by atoms with E-state index >= 15 is 0 Å². The minimum absolute atomic E-state index is 0.201. The fraction of sp³-hybridized carbons (Fsp3) is 0.500. The lowest BCUT2D eigenvalue weighted by molar-refractivity contribution is 0.0999. The minimum Gasteiger partial charge on any atom is -0.488 e. The first kappa shape index (κ1) is 12.7. The van der Waals surface area contributed by atoms with Gasteiger partial charge in [0.2, 0.25) is 0 Å². The van der Waals surface area contributed by atoms with Gasteiger partial charge in [-0.05, 0) is 43.7 Å². The van der Waals surface area contributed by atoms with Gasteiger partial charge in [-0.2, -0.15) is 0 Å². The summed E-state index contributed by atoms with van der Waals surface area (Å²) in [5.74, 6) is 0.834. The molecular formula is C14H20N2O2. The van der Waals surface area contributed by atoms with Crippen molar-refractivity contribution in [1.29, 1.82) is 0 Å². The molecule has 1 aliphatic carbocycles. The van der Waals surface area contributed by atoms with Gasteiger partial charge in [-0.15, -0.1) is 0 Å². The van der Waals surface area contributed by atoms with E-state index in [0.29, 0.717) is 17.0 Å². The zero-order valence-electron chi connectivity index (χ0n) is 10.7. The van der Waals surface area contributed by atoms with Crippen LogP contribution in [0.25, 0.3) is 0 Å². The standard InChI is InChI=1S/C14H20N2O2/c1-9-5-7-10(8-6-9)18-12-4-2-3-11(13(12)15)14(16)17/h2-4,9-10H,5-8,15H2,1H3,(H2,16,17). The maximum absolute atomic E-state index is 11.2. The molecule has 1 aromatic carbocycles. The molecule has 1 amide bonds. The Hall–Kier alpha value is -1.71. The molecule has 1 aliphatic rings. The van der Waals surface area contributed by atoms with Crippen LogP contribution in [0.5, 0.6) is 5.75 Å². The first-order chi connectivity index (χ1) is 8.58. The summed E-state index contributed by atoms with van der Waals surface area (Å²) in [6.07, 6.45) is 4.65. The van der Waals surface area contributed by atoms with E-state index in [1.165, 1.54) is 12.8 Å². The second-order valence-electron chi connectivity index (χ2n) is 5.08. The molecule has 0 saturated heterocycles. The van der Waals surface area contributed by atoms with Gasteiger partial charge >= 0.3 is 0 Å². The number of nitrogen functional groups attached to an aromatic ring is 1. The van der Waals surface area contributed by atoms with E-state index in [9.17, 15) is 4.79 Å². The molecule has 0 atom stereocenters. The van der Waals surface area contributed by atoms with Gasteiger partial charge in [0.15, 0.2) is 0 Å². The Morgan fingerprint density at radius 2 is 1.94 bits per heavy atom. The normalized spacial score (nSPS) is 23.6. The average Bonchev–Trinajstić information content (AvgIpc) is 2.34. The molecule has 4 nitrogen and oxygen atoms in total. The number of para-hydroxylation sites is 1. The zero-order valence-corrected chi connectivity index (χ0v) is 10.7. The number of nitrogens with two attached hydrogens (primary N) is 2. The molecule has 0 heterocycles. The summed E-state index contributed by atoms with van der Waals surface area (Å²) < 4.78 is 5.89. The maximum Gasteiger partial charge on any atom is 0.250 e. The molecule has 0 bridgehead atoms. The third-order valence-electron chi connectivity index (χ3n) is 3.59. The number of primary amides is 1. The van der Waals surface area contributed by atoms with Crippen LogP contribution in [0, 0.1) is 5.92 Å². The fourth-order valence-electron chi connectivity index (χ4n) is 2.39. The summed E-state index contributed by atoms with van der Waals surface area (Å²) in [7, 11) is 0. The minimum atomic E-state index is -0.518. The third kappa shape index (κ3) is 2.75. The van der Waals surface area contributed by atoms with E-state index < -0.39 is 5.91 Å². The molecule has 4 N–H and O–H groups in total. The van der Waals surface area contributed by atoms with Gasteiger partial charge in [-0.25, -0.2) is 0 Å². The number of carbonyl (C=O) groups excluding carboxylic acids is 1. The molecule has 2 rings (SSSR count). The van der Waals surface area contributed by atoms with Gasteiger partial charge in [0.1, 0.15) is 5.75 Å². The number of anilines is 1. The highest BCUT2D eigenvalue weighted by Crippen LogP contribution is 2.31. The Kier molecular flexibility index (Phi) is 3.75. The monoisotopic (exact) mass is 248 g/mol. The van der Waals surface area contributed by atoms with Crippen molar-refractivity contribution < 1.29 is 9.53 Å². The predicted octanol–water partition coefficient (Wildman–Crippen LogP) is 2.33. The molecule has 18 heavy (non-hydrogen) atoms. The molecule has 1 aromatic rings. The fourth-order valence-corrected chi connectivity index (χ4v) is 2.39. The van der Waals surface area contributed by atoms with E-state index in [1.54, 1.807) is 18.2 Å². The van der Waals surface area contributed by atoms with Crippen LogP contribution in [0.2, 0.25) is 0 Å². The Bertz CT molecular complexity index is 437. The van der Waals surface area contributed by atoms with Gasteiger partial charge in [0, 0.05) is 0 Å². The van der Waals surface area contributed by atoms with E-state index in [1.807, 2.05) is 0 Å². The van der Waals surface area contributed by atoms with Crippen molar-refractivity contribution in [2.75, 3.05) is 5.73 Å². The summed E-state index contributed by atoms with van der Waals surface area (Å²) in [4.78, 5) is 11.2. The Labute approximate surface area is 107 Å². The Morgan fingerprint density at radius 3 is 2.56 bits per heavy atom. The number of rotatable bonds is 3. The van der Waals surface area contributed by atoms with Crippen molar-refractivity contribution in [3.8, 4) is 5.75 Å². The molecule has 98 valence electrons. The Balaban J connectivity index is 2.10. The van der Waals surface area contributed by atoms with Gasteiger partial charge in [-0.1, -0.05) is 13.0 Å². The van der Waals surface area contributed by atoms with E-state index in [4.69, 9.17) is 16.2 Å². The largest absolute Gasteiger partial charge is 0.488 e. The summed E-state index contributed by atoms with van der Waals surface area (Å²) >= 11 is 0. The smallest absolute Gasteiger partial charge is 0.250 e. The molecule has 0 aliphatic heterocycles. The van der Waals surface area contributed by atoms with Crippen LogP contribution < -0.4 is 16.2 Å². The van der Waals surface area contributed by atoms with E-state index in [-0.39, 0.29) is 6.10 Å². The summed E-state index contributed by atoms with van der Waals surface area (Å²) in [6.45, 7) is 2.26. The van der Waals surface area contributed by atoms with Gasteiger partial charge in [-0.3, -0.25) is 4.79 Å². The summed E-state index contributed by atoms with van der Waals surface area (Å²) in [6, 6.07) is 5.16. The van der Waals surface area contributed by atoms with E-state index in [2.05, 4.69) is 6.92 Å². The van der Waals surface area contributed by atoms with Crippen LogP contribution in [0.3, 0.4) is 0 Å². The van der Waals surface area contributed by atoms with Crippen molar-refractivity contribution in [3.05, 3.63) is 23.8 Å². The zero-order chi connectivity index (χ0) is 13.1. The topological polar surface area (TPSA) is 78.3 Å². The van der Waals surface area contributed by atoms with Crippen molar-refractivity contribution in [2.45, 2.75) is 38.7 Å². The first-order valence-electron chi connectivity index (χ1n) is 6.43. The number of hydrogen-bond acceptors (Lipinski definition) is 3. The second-order valence-corrected chi connectivity index (χ2v) is 5.08. The highest BCUT2D eigenvalue weighted by molar-refractivity contribution is 5.99. The Morgan fingerprint density at radius 1 is 1.28 bits per heavy atom. The molecule has 4 heteroatoms.